The molecule has 3 aliphatic rings. The van der Waals surface area contributed by atoms with Crippen LogP contribution in [0, 0.1) is 30.5 Å². The number of nitrogens with one attached hydrogen (secondary N) is 1. The number of amides is 1. The summed E-state index contributed by atoms with van der Waals surface area (Å²) >= 11 is 0. The molecule has 1 aromatic carbocycles. The second kappa shape index (κ2) is 9.74. The molecular weight excluding hydrogens is 499 g/mol. The van der Waals surface area contributed by atoms with Crippen molar-refractivity contribution in [3.63, 3.8) is 0 Å². The quantitative estimate of drug-likeness (QED) is 0.556. The summed E-state index contributed by atoms with van der Waals surface area (Å²) in [4.78, 5) is 23.0. The van der Waals surface area contributed by atoms with Gasteiger partial charge in [-0.1, -0.05) is 0 Å². The Balaban J connectivity index is 1.21. The van der Waals surface area contributed by atoms with Gasteiger partial charge in [-0.2, -0.15) is 0 Å². The van der Waals surface area contributed by atoms with Crippen LogP contribution in [0.1, 0.15) is 44.6 Å². The minimum Gasteiger partial charge on any atom is -0.477 e. The molecule has 1 aliphatic heterocycles. The van der Waals surface area contributed by atoms with Crippen molar-refractivity contribution in [1.82, 2.24) is 14.9 Å². The largest absolute Gasteiger partial charge is 0.477 e. The number of ether oxygens (including phenoxy) is 2. The lowest BCUT2D eigenvalue weighted by atomic mass is 9.82. The number of nitrogens with zero attached hydrogens (tertiary/aromatic N) is 3. The zero-order valence-corrected chi connectivity index (χ0v) is 22.2. The predicted octanol–water partition coefficient (Wildman–Crippen LogP) is 4.49. The normalized spacial score (nSPS) is 24.3. The summed E-state index contributed by atoms with van der Waals surface area (Å²) in [5.41, 5.74) is 0.426. The van der Waals surface area contributed by atoms with Gasteiger partial charge in [-0.25, -0.2) is 27.6 Å². The highest BCUT2D eigenvalue weighted by Crippen LogP contribution is 2.43. The summed E-state index contributed by atoms with van der Waals surface area (Å²) in [7, 11) is -3.51. The average Bonchev–Trinajstić information content (AvgIpc) is 3.05. The van der Waals surface area contributed by atoms with E-state index in [1.54, 1.807) is 6.92 Å². The lowest BCUT2D eigenvalue weighted by molar-refractivity contribution is -0.0558. The first kappa shape index (κ1) is 25.7. The highest BCUT2D eigenvalue weighted by molar-refractivity contribution is 7.90. The summed E-state index contributed by atoms with van der Waals surface area (Å²) in [6.45, 7) is 5.63. The zero-order chi connectivity index (χ0) is 26.4. The molecule has 2 unspecified atom stereocenters. The third-order valence-corrected chi connectivity index (χ3v) is 9.21. The van der Waals surface area contributed by atoms with E-state index >= 15 is 0 Å². The monoisotopic (exact) mass is 532 g/mol. The van der Waals surface area contributed by atoms with Crippen LogP contribution in [0.25, 0.3) is 0 Å². The second-order valence-corrected chi connectivity index (χ2v) is 12.9. The predicted molar refractivity (Wildman–Crippen MR) is 135 cm³/mol. The number of piperidine rings is 1. The van der Waals surface area contributed by atoms with E-state index in [4.69, 9.17) is 9.47 Å². The number of sulfone groups is 1. The van der Waals surface area contributed by atoms with E-state index in [0.717, 1.165) is 44.4 Å². The van der Waals surface area contributed by atoms with E-state index in [2.05, 4.69) is 15.3 Å². The standard InChI is InChI=1S/C26H33FN4O5S/c1-16-23(30-22-8-7-19(11-21(22)27)37(3,33)34)28-15-29-24(16)35-14-20-17-5-6-18(20)13-31(12-17)25(32)36-26(2)9-4-10-26/h7-8,11,15,17-18,20H,4-6,9-10,12-14H2,1-3H3,(H,28,29,30). The van der Waals surface area contributed by atoms with E-state index in [1.807, 2.05) is 11.8 Å². The Bertz CT molecular complexity index is 1290. The van der Waals surface area contributed by atoms with E-state index in [9.17, 15) is 17.6 Å². The van der Waals surface area contributed by atoms with Crippen LogP contribution < -0.4 is 10.1 Å². The van der Waals surface area contributed by atoms with E-state index in [0.29, 0.717) is 54.7 Å². The molecule has 1 N–H and O–H groups in total. The van der Waals surface area contributed by atoms with Crippen molar-refractivity contribution >= 4 is 27.4 Å². The Morgan fingerprint density at radius 3 is 2.51 bits per heavy atom. The Kier molecular flexibility index (Phi) is 6.76. The van der Waals surface area contributed by atoms with Crippen molar-refractivity contribution in [2.75, 3.05) is 31.3 Å². The molecule has 2 aliphatic carbocycles. The van der Waals surface area contributed by atoms with Crippen molar-refractivity contribution < 1.29 is 27.1 Å². The minimum absolute atomic E-state index is 0.0924. The number of fused-ring (bicyclic) bond motifs is 2. The van der Waals surface area contributed by atoms with Crippen LogP contribution in [0.2, 0.25) is 0 Å². The first-order valence-electron chi connectivity index (χ1n) is 12.7. The summed E-state index contributed by atoms with van der Waals surface area (Å²) in [5.74, 6) is 1.10. The number of benzene rings is 1. The Hall–Kier alpha value is -2.95. The second-order valence-electron chi connectivity index (χ2n) is 10.8. The fourth-order valence-corrected chi connectivity index (χ4v) is 6.28. The van der Waals surface area contributed by atoms with Gasteiger partial charge in [-0.05, 0) is 76.0 Å². The Morgan fingerprint density at radius 2 is 1.92 bits per heavy atom. The molecule has 2 heterocycles. The number of likely N-dealkylation sites (tertiary alicyclic amines) is 1. The van der Waals surface area contributed by atoms with E-state index < -0.39 is 15.7 Å². The molecule has 200 valence electrons. The molecular formula is C26H33FN4O5S. The number of halogens is 1. The van der Waals surface area contributed by atoms with Gasteiger partial charge in [-0.15, -0.1) is 0 Å². The lowest BCUT2D eigenvalue weighted by Crippen LogP contribution is -2.50. The summed E-state index contributed by atoms with van der Waals surface area (Å²) in [5, 5.41) is 2.91. The van der Waals surface area contributed by atoms with Gasteiger partial charge in [0, 0.05) is 25.3 Å². The summed E-state index contributed by atoms with van der Waals surface area (Å²) in [6, 6.07) is 3.70. The van der Waals surface area contributed by atoms with Crippen molar-refractivity contribution in [1.29, 1.82) is 0 Å². The highest BCUT2D eigenvalue weighted by atomic mass is 32.2. The number of hydrogen-bond acceptors (Lipinski definition) is 8. The number of anilines is 2. The maximum atomic E-state index is 14.5. The Labute approximate surface area is 216 Å². The van der Waals surface area contributed by atoms with Gasteiger partial charge < -0.3 is 19.7 Å². The zero-order valence-electron chi connectivity index (χ0n) is 21.4. The molecule has 0 radical (unpaired) electrons. The van der Waals surface area contributed by atoms with E-state index in [-0.39, 0.29) is 22.3 Å². The molecule has 11 heteroatoms. The fraction of sp³-hybridized carbons (Fsp3) is 0.577. The van der Waals surface area contributed by atoms with Gasteiger partial charge in [-0.3, -0.25) is 0 Å². The highest BCUT2D eigenvalue weighted by Gasteiger charge is 2.45. The molecule has 2 saturated carbocycles. The van der Waals surface area contributed by atoms with Gasteiger partial charge in [0.2, 0.25) is 5.88 Å². The van der Waals surface area contributed by atoms with Crippen LogP contribution in [0.4, 0.5) is 20.7 Å². The first-order chi connectivity index (χ1) is 17.5. The van der Waals surface area contributed by atoms with Crippen LogP contribution in [0.15, 0.2) is 29.4 Å². The molecule has 37 heavy (non-hydrogen) atoms. The van der Waals surface area contributed by atoms with Crippen LogP contribution in [-0.2, 0) is 14.6 Å². The first-order valence-corrected chi connectivity index (χ1v) is 14.6. The number of rotatable bonds is 7. The molecule has 1 saturated heterocycles. The Morgan fingerprint density at radius 1 is 1.22 bits per heavy atom. The maximum absolute atomic E-state index is 14.5. The summed E-state index contributed by atoms with van der Waals surface area (Å²) < 4.78 is 49.8. The number of carbonyl (C=O) groups excluding carboxylic acids is 1. The van der Waals surface area contributed by atoms with Gasteiger partial charge in [0.1, 0.15) is 23.6 Å². The number of aromatic nitrogens is 2. The van der Waals surface area contributed by atoms with Crippen LogP contribution >= 0.6 is 0 Å². The molecule has 1 aromatic heterocycles. The topological polar surface area (TPSA) is 111 Å². The van der Waals surface area contributed by atoms with Crippen LogP contribution in [0.3, 0.4) is 0 Å². The van der Waals surface area contributed by atoms with Crippen molar-refractivity contribution in [2.24, 2.45) is 17.8 Å². The van der Waals surface area contributed by atoms with Crippen molar-refractivity contribution in [3.05, 3.63) is 35.9 Å². The number of hydrogen-bond donors (Lipinski definition) is 1. The SMILES string of the molecule is Cc1c(Nc2ccc(S(C)(=O)=O)cc2F)ncnc1OCC1C2CCC1CN(C(=O)OC1(C)CCC1)C2. The third kappa shape index (κ3) is 5.37. The molecule has 5 rings (SSSR count). The number of carbonyl (C=O) groups is 1. The van der Waals surface area contributed by atoms with E-state index in [1.165, 1.54) is 18.5 Å². The molecule has 3 fully saturated rings. The maximum Gasteiger partial charge on any atom is 0.410 e. The minimum atomic E-state index is -3.51. The summed E-state index contributed by atoms with van der Waals surface area (Å²) in [6.07, 6.45) is 7.27. The van der Waals surface area contributed by atoms with Gasteiger partial charge in [0.05, 0.1) is 22.8 Å². The molecule has 0 spiro atoms. The van der Waals surface area contributed by atoms with Gasteiger partial charge >= 0.3 is 6.09 Å². The molecule has 2 atom stereocenters. The third-order valence-electron chi connectivity index (χ3n) is 8.10. The van der Waals surface area contributed by atoms with Crippen LogP contribution in [-0.4, -0.2) is 60.9 Å². The van der Waals surface area contributed by atoms with Crippen molar-refractivity contribution in [3.8, 4) is 5.88 Å². The van der Waals surface area contributed by atoms with Crippen LogP contribution in [0.5, 0.6) is 5.88 Å². The molecule has 2 aromatic rings. The smallest absolute Gasteiger partial charge is 0.410 e. The van der Waals surface area contributed by atoms with Gasteiger partial charge in [0.15, 0.2) is 9.84 Å². The molecule has 1 amide bonds. The molecule has 9 nitrogen and oxygen atoms in total. The fourth-order valence-electron chi connectivity index (χ4n) is 5.64. The molecule has 2 bridgehead atoms. The average molecular weight is 533 g/mol. The van der Waals surface area contributed by atoms with Crippen molar-refractivity contribution in [2.45, 2.75) is 56.4 Å². The van der Waals surface area contributed by atoms with Gasteiger partial charge in [0.25, 0.3) is 0 Å². The lowest BCUT2D eigenvalue weighted by Gasteiger charge is -2.42.